The number of hydrogen-bond acceptors (Lipinski definition) is 4. The van der Waals surface area contributed by atoms with Gasteiger partial charge in [-0.3, -0.25) is 4.79 Å². The lowest BCUT2D eigenvalue weighted by Crippen LogP contribution is -2.22. The summed E-state index contributed by atoms with van der Waals surface area (Å²) in [5.41, 5.74) is 3.63. The van der Waals surface area contributed by atoms with Gasteiger partial charge in [0, 0.05) is 44.3 Å². The van der Waals surface area contributed by atoms with Crippen LogP contribution < -0.4 is 15.1 Å². The molecule has 0 atom stereocenters. The molecular formula is C22H32N4O. The number of anilines is 3. The molecule has 2 aromatic rings. The van der Waals surface area contributed by atoms with E-state index in [1.807, 2.05) is 32.2 Å². The molecule has 0 aliphatic heterocycles. The van der Waals surface area contributed by atoms with Crippen LogP contribution in [0.4, 0.5) is 17.2 Å². The van der Waals surface area contributed by atoms with Crippen molar-refractivity contribution in [3.8, 4) is 0 Å². The average Bonchev–Trinajstić information content (AvgIpc) is 2.69. The van der Waals surface area contributed by atoms with Crippen LogP contribution in [0.1, 0.15) is 49.5 Å². The van der Waals surface area contributed by atoms with Crippen LogP contribution in [0, 0.1) is 6.92 Å². The zero-order chi connectivity index (χ0) is 19.8. The van der Waals surface area contributed by atoms with Gasteiger partial charge in [0.1, 0.15) is 5.82 Å². The maximum atomic E-state index is 12.6. The Morgan fingerprint density at radius 1 is 1.11 bits per heavy atom. The number of aryl methyl sites for hydroxylation is 1. The molecule has 0 radical (unpaired) electrons. The van der Waals surface area contributed by atoms with E-state index in [2.05, 4.69) is 53.0 Å². The second kappa shape index (κ2) is 9.95. The van der Waals surface area contributed by atoms with Gasteiger partial charge in [-0.1, -0.05) is 13.3 Å². The summed E-state index contributed by atoms with van der Waals surface area (Å²) < 4.78 is 0. The summed E-state index contributed by atoms with van der Waals surface area (Å²) in [6.07, 6.45) is 3.92. The Kier molecular flexibility index (Phi) is 7.65. The Bertz CT molecular complexity index is 738. The Labute approximate surface area is 163 Å². The van der Waals surface area contributed by atoms with Crippen LogP contribution in [-0.4, -0.2) is 37.6 Å². The fourth-order valence-corrected chi connectivity index (χ4v) is 3.02. The van der Waals surface area contributed by atoms with Crippen LogP contribution in [0.25, 0.3) is 0 Å². The monoisotopic (exact) mass is 368 g/mol. The molecule has 1 N–H and O–H groups in total. The molecule has 2 rings (SSSR count). The summed E-state index contributed by atoms with van der Waals surface area (Å²) in [6.45, 7) is 11.4. The minimum absolute atomic E-state index is 0.135. The van der Waals surface area contributed by atoms with Gasteiger partial charge in [-0.2, -0.15) is 0 Å². The van der Waals surface area contributed by atoms with Crippen molar-refractivity contribution < 1.29 is 4.79 Å². The molecule has 0 saturated carbocycles. The van der Waals surface area contributed by atoms with E-state index in [9.17, 15) is 4.79 Å². The number of unbranched alkanes of at least 4 members (excludes halogenated alkanes) is 1. The number of carbonyl (C=O) groups excluding carboxylic acids is 1. The second-order valence-electron chi connectivity index (χ2n) is 6.81. The van der Waals surface area contributed by atoms with Crippen LogP contribution in [0.3, 0.4) is 0 Å². The first kappa shape index (κ1) is 20.7. The zero-order valence-corrected chi connectivity index (χ0v) is 17.2. The van der Waals surface area contributed by atoms with Crippen LogP contribution in [0.5, 0.6) is 0 Å². The van der Waals surface area contributed by atoms with Gasteiger partial charge >= 0.3 is 0 Å². The van der Waals surface area contributed by atoms with Crippen LogP contribution in [0.2, 0.25) is 0 Å². The third kappa shape index (κ3) is 5.46. The first-order chi connectivity index (χ1) is 13.0. The molecule has 0 spiro atoms. The minimum Gasteiger partial charge on any atom is -0.372 e. The minimum atomic E-state index is -0.135. The highest BCUT2D eigenvalue weighted by Crippen LogP contribution is 2.23. The smallest absolute Gasteiger partial charge is 0.257 e. The molecule has 0 fully saturated rings. The van der Waals surface area contributed by atoms with Gasteiger partial charge in [-0.05, 0) is 63.1 Å². The van der Waals surface area contributed by atoms with E-state index in [1.54, 1.807) is 6.20 Å². The van der Waals surface area contributed by atoms with Crippen molar-refractivity contribution in [3.63, 3.8) is 0 Å². The second-order valence-corrected chi connectivity index (χ2v) is 6.81. The Hall–Kier alpha value is -2.56. The van der Waals surface area contributed by atoms with Crippen molar-refractivity contribution in [1.29, 1.82) is 0 Å². The third-order valence-electron chi connectivity index (χ3n) is 4.84. The van der Waals surface area contributed by atoms with Gasteiger partial charge in [-0.25, -0.2) is 4.98 Å². The number of benzene rings is 1. The van der Waals surface area contributed by atoms with E-state index < -0.39 is 0 Å². The predicted octanol–water partition coefficient (Wildman–Crippen LogP) is 4.72. The highest BCUT2D eigenvalue weighted by atomic mass is 16.1. The molecule has 0 bridgehead atoms. The number of hydrogen-bond donors (Lipinski definition) is 1. The van der Waals surface area contributed by atoms with Gasteiger partial charge in [0.15, 0.2) is 0 Å². The maximum Gasteiger partial charge on any atom is 0.257 e. The van der Waals surface area contributed by atoms with E-state index >= 15 is 0 Å². The first-order valence-corrected chi connectivity index (χ1v) is 9.84. The normalized spacial score (nSPS) is 10.6. The number of pyridine rings is 1. The molecular weight excluding hydrogens is 336 g/mol. The molecule has 1 amide bonds. The van der Waals surface area contributed by atoms with Crippen molar-refractivity contribution in [3.05, 3.63) is 47.7 Å². The fourth-order valence-electron chi connectivity index (χ4n) is 3.02. The van der Waals surface area contributed by atoms with Gasteiger partial charge in [0.05, 0.1) is 5.56 Å². The van der Waals surface area contributed by atoms with Crippen LogP contribution in [0.15, 0.2) is 36.5 Å². The van der Waals surface area contributed by atoms with Crippen molar-refractivity contribution in [2.24, 2.45) is 0 Å². The summed E-state index contributed by atoms with van der Waals surface area (Å²) >= 11 is 0. The predicted molar refractivity (Wildman–Crippen MR) is 115 cm³/mol. The summed E-state index contributed by atoms with van der Waals surface area (Å²) in [7, 11) is 2.03. The lowest BCUT2D eigenvalue weighted by atomic mass is 10.1. The van der Waals surface area contributed by atoms with E-state index in [-0.39, 0.29) is 5.91 Å². The SMILES string of the molecule is CCCCN(C)c1ccc(C(=O)Nc2ccc(N(CC)CC)cc2C)cn1. The van der Waals surface area contributed by atoms with E-state index in [1.165, 1.54) is 5.69 Å². The molecule has 1 heterocycles. The number of carbonyl (C=O) groups is 1. The number of nitrogens with one attached hydrogen (secondary N) is 1. The molecule has 0 unspecified atom stereocenters. The number of amides is 1. The summed E-state index contributed by atoms with van der Waals surface area (Å²) in [5, 5.41) is 3.00. The van der Waals surface area contributed by atoms with Crippen LogP contribution in [-0.2, 0) is 0 Å². The topological polar surface area (TPSA) is 48.5 Å². The summed E-state index contributed by atoms with van der Waals surface area (Å²) in [6, 6.07) is 9.88. The van der Waals surface area contributed by atoms with Crippen molar-refractivity contribution in [1.82, 2.24) is 4.98 Å². The molecule has 5 nitrogen and oxygen atoms in total. The molecule has 0 saturated heterocycles. The van der Waals surface area contributed by atoms with E-state index in [4.69, 9.17) is 0 Å². The lowest BCUT2D eigenvalue weighted by molar-refractivity contribution is 0.102. The van der Waals surface area contributed by atoms with E-state index in [0.29, 0.717) is 5.56 Å². The summed E-state index contributed by atoms with van der Waals surface area (Å²) in [5.74, 6) is 0.753. The fraction of sp³-hybridized carbons (Fsp3) is 0.455. The van der Waals surface area contributed by atoms with E-state index in [0.717, 1.165) is 49.5 Å². The highest BCUT2D eigenvalue weighted by molar-refractivity contribution is 6.04. The zero-order valence-electron chi connectivity index (χ0n) is 17.2. The largest absolute Gasteiger partial charge is 0.372 e. The Morgan fingerprint density at radius 3 is 2.41 bits per heavy atom. The number of aromatic nitrogens is 1. The molecule has 0 aliphatic rings. The quantitative estimate of drug-likeness (QED) is 0.695. The van der Waals surface area contributed by atoms with Crippen molar-refractivity contribution in [2.45, 2.75) is 40.5 Å². The third-order valence-corrected chi connectivity index (χ3v) is 4.84. The number of nitrogens with zero attached hydrogens (tertiary/aromatic N) is 3. The van der Waals surface area contributed by atoms with Crippen LogP contribution >= 0.6 is 0 Å². The van der Waals surface area contributed by atoms with Gasteiger partial charge in [0.2, 0.25) is 0 Å². The molecule has 5 heteroatoms. The Morgan fingerprint density at radius 2 is 1.85 bits per heavy atom. The highest BCUT2D eigenvalue weighted by Gasteiger charge is 2.11. The molecule has 0 aliphatic carbocycles. The summed E-state index contributed by atoms with van der Waals surface area (Å²) in [4.78, 5) is 21.4. The number of rotatable bonds is 9. The van der Waals surface area contributed by atoms with Crippen molar-refractivity contribution >= 4 is 23.1 Å². The molecule has 27 heavy (non-hydrogen) atoms. The molecule has 1 aromatic carbocycles. The molecule has 1 aromatic heterocycles. The van der Waals surface area contributed by atoms with Gasteiger partial charge in [-0.15, -0.1) is 0 Å². The standard InChI is InChI=1S/C22H32N4O/c1-6-9-14-25(5)21-13-10-18(16-23-21)22(27)24-20-12-11-19(15-17(20)4)26(7-2)8-3/h10-13,15-16H,6-9,14H2,1-5H3,(H,24,27). The average molecular weight is 369 g/mol. The Balaban J connectivity index is 2.06. The van der Waals surface area contributed by atoms with Gasteiger partial charge in [0.25, 0.3) is 5.91 Å². The lowest BCUT2D eigenvalue weighted by Gasteiger charge is -2.22. The maximum absolute atomic E-state index is 12.6. The van der Waals surface area contributed by atoms with Crippen molar-refractivity contribution in [2.75, 3.05) is 41.8 Å². The first-order valence-electron chi connectivity index (χ1n) is 9.84. The molecule has 146 valence electrons. The van der Waals surface area contributed by atoms with Gasteiger partial charge < -0.3 is 15.1 Å².